The van der Waals surface area contributed by atoms with Crippen molar-refractivity contribution in [2.24, 2.45) is 0 Å². The first-order valence-electron chi connectivity index (χ1n) is 10.7. The third kappa shape index (κ3) is 4.36. The number of likely N-dealkylation sites (tertiary alicyclic amines) is 1. The fourth-order valence-corrected chi connectivity index (χ4v) is 4.29. The third-order valence-corrected chi connectivity index (χ3v) is 6.15. The molecule has 1 aliphatic rings. The van der Waals surface area contributed by atoms with E-state index in [2.05, 4.69) is 10.1 Å². The lowest BCUT2D eigenvalue weighted by atomic mass is 10.1. The highest BCUT2D eigenvalue weighted by Gasteiger charge is 2.35. The van der Waals surface area contributed by atoms with Crippen LogP contribution in [0.15, 0.2) is 69.7 Å². The lowest BCUT2D eigenvalue weighted by Gasteiger charge is -2.20. The molecular weight excluding hydrogens is 442 g/mol. The Bertz CT molecular complexity index is 1280. The number of hydrogen-bond acceptors (Lipinski definition) is 6. The molecule has 1 atom stereocenters. The number of benzene rings is 2. The highest BCUT2D eigenvalue weighted by Crippen LogP contribution is 2.34. The molecule has 2 aromatic heterocycles. The van der Waals surface area contributed by atoms with Crippen molar-refractivity contribution < 1.29 is 18.5 Å². The molecule has 1 unspecified atom stereocenters. The predicted molar refractivity (Wildman–Crippen MR) is 122 cm³/mol. The van der Waals surface area contributed by atoms with Gasteiger partial charge in [-0.05, 0) is 36.6 Å². The van der Waals surface area contributed by atoms with E-state index < -0.39 is 0 Å². The van der Waals surface area contributed by atoms with Crippen molar-refractivity contribution >= 4 is 17.5 Å². The van der Waals surface area contributed by atoms with E-state index in [1.807, 2.05) is 48.5 Å². The predicted octanol–water partition coefficient (Wildman–Crippen LogP) is 5.56. The summed E-state index contributed by atoms with van der Waals surface area (Å²) in [5, 5.41) is 4.77. The quantitative estimate of drug-likeness (QED) is 0.372. The maximum Gasteiger partial charge on any atom is 0.293 e. The highest BCUT2D eigenvalue weighted by molar-refractivity contribution is 6.31. The second-order valence-electron chi connectivity index (χ2n) is 7.90. The van der Waals surface area contributed by atoms with E-state index in [4.69, 9.17) is 25.3 Å². The Balaban J connectivity index is 1.33. The SMILES string of the molecule is COc1cccc(-c2cc(C(=O)N3CCCC3c3ncc(Cc4ccccc4Cl)o3)on2)c1. The van der Waals surface area contributed by atoms with Crippen LogP contribution in [-0.4, -0.2) is 34.6 Å². The number of ether oxygens (including phenoxy) is 1. The number of halogens is 1. The summed E-state index contributed by atoms with van der Waals surface area (Å²) >= 11 is 6.27. The van der Waals surface area contributed by atoms with E-state index in [1.165, 1.54) is 0 Å². The number of amides is 1. The van der Waals surface area contributed by atoms with Gasteiger partial charge in [0, 0.05) is 29.6 Å². The van der Waals surface area contributed by atoms with Crippen LogP contribution < -0.4 is 4.74 Å². The summed E-state index contributed by atoms with van der Waals surface area (Å²) in [6, 6.07) is 16.5. The summed E-state index contributed by atoms with van der Waals surface area (Å²) in [5.74, 6) is 1.89. The molecule has 1 saturated heterocycles. The third-order valence-electron chi connectivity index (χ3n) is 5.78. The summed E-state index contributed by atoms with van der Waals surface area (Å²) < 4.78 is 16.7. The van der Waals surface area contributed by atoms with Gasteiger partial charge >= 0.3 is 0 Å². The highest BCUT2D eigenvalue weighted by atomic mass is 35.5. The number of nitrogens with zero attached hydrogens (tertiary/aromatic N) is 3. The van der Waals surface area contributed by atoms with Crippen molar-refractivity contribution in [1.82, 2.24) is 15.0 Å². The molecule has 1 aliphatic heterocycles. The normalized spacial score (nSPS) is 15.7. The van der Waals surface area contributed by atoms with Crippen LogP contribution in [0.25, 0.3) is 11.3 Å². The Labute approximate surface area is 195 Å². The summed E-state index contributed by atoms with van der Waals surface area (Å²) in [6.45, 7) is 0.598. The van der Waals surface area contributed by atoms with Crippen LogP contribution in [0.2, 0.25) is 5.02 Å². The molecule has 8 heteroatoms. The minimum Gasteiger partial charge on any atom is -0.497 e. The Morgan fingerprint density at radius 2 is 2.09 bits per heavy atom. The average molecular weight is 464 g/mol. The Morgan fingerprint density at radius 1 is 1.21 bits per heavy atom. The van der Waals surface area contributed by atoms with Crippen LogP contribution in [0.4, 0.5) is 0 Å². The first-order valence-corrected chi connectivity index (χ1v) is 11.1. The van der Waals surface area contributed by atoms with Crippen LogP contribution in [0.5, 0.6) is 5.75 Å². The number of rotatable bonds is 6. The number of hydrogen-bond donors (Lipinski definition) is 0. The maximum absolute atomic E-state index is 13.2. The Kier molecular flexibility index (Phi) is 5.88. The molecule has 1 fully saturated rings. The largest absolute Gasteiger partial charge is 0.497 e. The first-order chi connectivity index (χ1) is 16.1. The standard InChI is InChI=1S/C25H22ClN3O4/c1-31-18-8-4-7-17(13-18)21-14-23(33-28-21)25(30)29-11-5-10-22(29)24-27-15-19(32-24)12-16-6-2-3-9-20(16)26/h2-4,6-9,13-15,22H,5,10-12H2,1H3. The van der Waals surface area contributed by atoms with Crippen molar-refractivity contribution in [1.29, 1.82) is 0 Å². The molecule has 3 heterocycles. The van der Waals surface area contributed by atoms with E-state index in [1.54, 1.807) is 24.3 Å². The molecule has 168 valence electrons. The zero-order valence-corrected chi connectivity index (χ0v) is 18.8. The summed E-state index contributed by atoms with van der Waals surface area (Å²) in [4.78, 5) is 19.4. The maximum atomic E-state index is 13.2. The monoisotopic (exact) mass is 463 g/mol. The Morgan fingerprint density at radius 3 is 2.94 bits per heavy atom. The molecule has 0 spiro atoms. The number of oxazole rings is 1. The van der Waals surface area contributed by atoms with Gasteiger partial charge in [-0.1, -0.05) is 47.1 Å². The van der Waals surface area contributed by atoms with Gasteiger partial charge in [-0.15, -0.1) is 0 Å². The van der Waals surface area contributed by atoms with E-state index in [-0.39, 0.29) is 17.7 Å². The number of carbonyl (C=O) groups excluding carboxylic acids is 1. The van der Waals surface area contributed by atoms with Crippen molar-refractivity contribution in [2.45, 2.75) is 25.3 Å². The van der Waals surface area contributed by atoms with Crippen LogP contribution >= 0.6 is 11.6 Å². The topological polar surface area (TPSA) is 81.6 Å². The molecule has 33 heavy (non-hydrogen) atoms. The molecular formula is C25H22ClN3O4. The van der Waals surface area contributed by atoms with E-state index in [0.717, 1.165) is 24.0 Å². The molecule has 0 radical (unpaired) electrons. The molecule has 0 aliphatic carbocycles. The van der Waals surface area contributed by atoms with Gasteiger partial charge in [0.1, 0.15) is 23.2 Å². The van der Waals surface area contributed by atoms with Crippen molar-refractivity contribution in [3.05, 3.63) is 88.8 Å². The minimum atomic E-state index is -0.247. The van der Waals surface area contributed by atoms with Crippen LogP contribution in [0.1, 0.15) is 46.7 Å². The lowest BCUT2D eigenvalue weighted by molar-refractivity contribution is 0.0672. The smallest absolute Gasteiger partial charge is 0.293 e. The van der Waals surface area contributed by atoms with Gasteiger partial charge in [0.15, 0.2) is 0 Å². The Hall–Kier alpha value is -3.58. The second-order valence-corrected chi connectivity index (χ2v) is 8.31. The van der Waals surface area contributed by atoms with Crippen LogP contribution in [0.3, 0.4) is 0 Å². The van der Waals surface area contributed by atoms with Gasteiger partial charge in [0.2, 0.25) is 11.7 Å². The average Bonchev–Trinajstić information content (AvgIpc) is 3.60. The molecule has 0 N–H and O–H groups in total. The number of methoxy groups -OCH3 is 1. The van der Waals surface area contributed by atoms with Gasteiger partial charge in [-0.2, -0.15) is 0 Å². The molecule has 0 saturated carbocycles. The van der Waals surface area contributed by atoms with Crippen LogP contribution in [-0.2, 0) is 6.42 Å². The van der Waals surface area contributed by atoms with E-state index >= 15 is 0 Å². The van der Waals surface area contributed by atoms with Crippen molar-refractivity contribution in [2.75, 3.05) is 13.7 Å². The fraction of sp³-hybridized carbons (Fsp3) is 0.240. The molecule has 5 rings (SSSR count). The molecule has 4 aromatic rings. The number of carbonyl (C=O) groups is 1. The molecule has 2 aromatic carbocycles. The number of aromatic nitrogens is 2. The lowest BCUT2D eigenvalue weighted by Crippen LogP contribution is -2.30. The van der Waals surface area contributed by atoms with Crippen molar-refractivity contribution in [3.63, 3.8) is 0 Å². The van der Waals surface area contributed by atoms with Gasteiger partial charge < -0.3 is 18.6 Å². The molecule has 1 amide bonds. The summed E-state index contributed by atoms with van der Waals surface area (Å²) in [6.07, 6.45) is 3.87. The van der Waals surface area contributed by atoms with E-state index in [0.29, 0.717) is 41.1 Å². The zero-order chi connectivity index (χ0) is 22.8. The fourth-order valence-electron chi connectivity index (χ4n) is 4.09. The van der Waals surface area contributed by atoms with Gasteiger partial charge in [0.05, 0.1) is 13.3 Å². The summed E-state index contributed by atoms with van der Waals surface area (Å²) in [7, 11) is 1.60. The first kappa shape index (κ1) is 21.3. The molecule has 7 nitrogen and oxygen atoms in total. The van der Waals surface area contributed by atoms with Crippen molar-refractivity contribution in [3.8, 4) is 17.0 Å². The van der Waals surface area contributed by atoms with Gasteiger partial charge in [-0.3, -0.25) is 4.79 Å². The van der Waals surface area contributed by atoms with Gasteiger partial charge in [-0.25, -0.2) is 4.98 Å². The molecule has 0 bridgehead atoms. The second kappa shape index (κ2) is 9.11. The summed E-state index contributed by atoms with van der Waals surface area (Å²) in [5.41, 5.74) is 2.35. The minimum absolute atomic E-state index is 0.183. The van der Waals surface area contributed by atoms with E-state index in [9.17, 15) is 4.79 Å². The van der Waals surface area contributed by atoms with Gasteiger partial charge in [0.25, 0.3) is 5.91 Å². The van der Waals surface area contributed by atoms with Crippen LogP contribution in [0, 0.1) is 0 Å². The zero-order valence-electron chi connectivity index (χ0n) is 18.0.